The Hall–Kier alpha value is -3.65. The molecule has 0 aliphatic carbocycles. The summed E-state index contributed by atoms with van der Waals surface area (Å²) in [5.41, 5.74) is 3.01. The van der Waals surface area contributed by atoms with Crippen LogP contribution in [0.4, 0.5) is 5.69 Å². The second-order valence-electron chi connectivity index (χ2n) is 6.48. The summed E-state index contributed by atoms with van der Waals surface area (Å²) in [6.45, 7) is 0.619. The van der Waals surface area contributed by atoms with Crippen molar-refractivity contribution in [1.29, 1.82) is 5.26 Å². The molecule has 0 fully saturated rings. The van der Waals surface area contributed by atoms with Crippen molar-refractivity contribution < 1.29 is 9.59 Å². The quantitative estimate of drug-likeness (QED) is 0.725. The number of rotatable bonds is 4. The van der Waals surface area contributed by atoms with Gasteiger partial charge in [-0.1, -0.05) is 42.5 Å². The zero-order valence-electron chi connectivity index (χ0n) is 14.6. The van der Waals surface area contributed by atoms with Crippen LogP contribution in [0.5, 0.6) is 0 Å². The monoisotopic (exact) mass is 355 g/mol. The summed E-state index contributed by atoms with van der Waals surface area (Å²) in [7, 11) is 0. The molecule has 1 unspecified atom stereocenters. The Bertz CT molecular complexity index is 1060. The number of hydrogen-bond donors (Lipinski definition) is 1. The van der Waals surface area contributed by atoms with Gasteiger partial charge in [0.15, 0.2) is 0 Å². The Morgan fingerprint density at radius 3 is 2.52 bits per heavy atom. The molecular weight excluding hydrogens is 338 g/mol. The van der Waals surface area contributed by atoms with Crippen molar-refractivity contribution in [3.05, 3.63) is 89.2 Å². The number of nitriles is 1. The Morgan fingerprint density at radius 1 is 1.00 bits per heavy atom. The summed E-state index contributed by atoms with van der Waals surface area (Å²) in [5, 5.41) is 12.0. The van der Waals surface area contributed by atoms with Gasteiger partial charge in [0.05, 0.1) is 22.9 Å². The van der Waals surface area contributed by atoms with Crippen LogP contribution >= 0.6 is 0 Å². The number of para-hydroxylation sites is 1. The lowest BCUT2D eigenvalue weighted by atomic mass is 10.0. The van der Waals surface area contributed by atoms with E-state index >= 15 is 0 Å². The summed E-state index contributed by atoms with van der Waals surface area (Å²) in [5.74, 6) is -0.542. The number of ketones is 1. The molecule has 0 saturated carbocycles. The first-order valence-electron chi connectivity index (χ1n) is 8.78. The van der Waals surface area contributed by atoms with Gasteiger partial charge in [-0.05, 0) is 30.7 Å². The zero-order chi connectivity index (χ0) is 18.8. The van der Waals surface area contributed by atoms with Gasteiger partial charge in [-0.2, -0.15) is 5.26 Å². The lowest BCUT2D eigenvalue weighted by molar-refractivity contribution is -0.117. The van der Waals surface area contributed by atoms with Gasteiger partial charge >= 0.3 is 0 Å². The minimum atomic E-state index is -0.339. The van der Waals surface area contributed by atoms with E-state index < -0.39 is 0 Å². The maximum atomic E-state index is 12.8. The molecule has 1 aromatic heterocycles. The number of nitrogens with zero attached hydrogens (tertiary/aromatic N) is 2. The fraction of sp³-hybridized carbons (Fsp3) is 0.136. The number of aromatic nitrogens is 1. The van der Waals surface area contributed by atoms with Crippen LogP contribution in [-0.2, 0) is 11.3 Å². The van der Waals surface area contributed by atoms with Crippen LogP contribution in [0.15, 0.2) is 66.7 Å². The molecule has 5 heteroatoms. The van der Waals surface area contributed by atoms with Gasteiger partial charge in [0.25, 0.3) is 0 Å². The molecule has 1 aliphatic rings. The highest BCUT2D eigenvalue weighted by atomic mass is 16.2. The van der Waals surface area contributed by atoms with E-state index in [4.69, 9.17) is 0 Å². The van der Waals surface area contributed by atoms with Gasteiger partial charge < -0.3 is 9.88 Å². The lowest BCUT2D eigenvalue weighted by Gasteiger charge is -2.11. The Kier molecular flexibility index (Phi) is 4.31. The molecule has 3 aromatic rings. The third-order valence-electron chi connectivity index (χ3n) is 4.90. The van der Waals surface area contributed by atoms with Crippen molar-refractivity contribution in [3.8, 4) is 6.07 Å². The second-order valence-corrected chi connectivity index (χ2v) is 6.48. The first kappa shape index (κ1) is 16.8. The fourth-order valence-electron chi connectivity index (χ4n) is 3.55. The van der Waals surface area contributed by atoms with E-state index in [9.17, 15) is 14.9 Å². The van der Waals surface area contributed by atoms with Crippen LogP contribution < -0.4 is 5.32 Å². The van der Waals surface area contributed by atoms with Gasteiger partial charge in [-0.15, -0.1) is 0 Å². The standard InChI is InChI=1S/C22H17N3O2/c23-14-16-8-4-5-9-18(16)24-22(27)17-12-13-25-19(17)10-11-20(25)21(26)15-6-2-1-3-7-15/h1-11,17H,12-13H2,(H,24,27). The third-order valence-corrected chi connectivity index (χ3v) is 4.90. The number of carbonyl (C=O) groups is 2. The molecule has 1 aliphatic heterocycles. The molecule has 0 spiro atoms. The first-order chi connectivity index (χ1) is 13.2. The Labute approximate surface area is 156 Å². The van der Waals surface area contributed by atoms with Crippen molar-refractivity contribution in [2.24, 2.45) is 0 Å². The molecule has 0 bridgehead atoms. The number of fused-ring (bicyclic) bond motifs is 1. The van der Waals surface area contributed by atoms with Crippen molar-refractivity contribution in [3.63, 3.8) is 0 Å². The average molecular weight is 355 g/mol. The largest absolute Gasteiger partial charge is 0.341 e. The summed E-state index contributed by atoms with van der Waals surface area (Å²) < 4.78 is 1.93. The number of carbonyl (C=O) groups excluding carboxylic acids is 2. The molecule has 0 saturated heterocycles. The van der Waals surface area contributed by atoms with Crippen molar-refractivity contribution >= 4 is 17.4 Å². The van der Waals surface area contributed by atoms with Crippen molar-refractivity contribution in [2.45, 2.75) is 18.9 Å². The van der Waals surface area contributed by atoms with E-state index in [1.165, 1.54) is 0 Å². The molecule has 4 rings (SSSR count). The molecule has 1 amide bonds. The van der Waals surface area contributed by atoms with E-state index in [-0.39, 0.29) is 17.6 Å². The number of hydrogen-bond acceptors (Lipinski definition) is 3. The second kappa shape index (κ2) is 6.93. The molecule has 1 atom stereocenters. The molecule has 0 radical (unpaired) electrons. The zero-order valence-corrected chi connectivity index (χ0v) is 14.6. The minimum absolute atomic E-state index is 0.0438. The summed E-state index contributed by atoms with van der Waals surface area (Å²) in [6.07, 6.45) is 0.631. The molecule has 132 valence electrons. The number of anilines is 1. The Balaban J connectivity index is 1.58. The highest BCUT2D eigenvalue weighted by Gasteiger charge is 2.32. The molecule has 1 N–H and O–H groups in total. The number of nitrogens with one attached hydrogen (secondary N) is 1. The fourth-order valence-corrected chi connectivity index (χ4v) is 3.55. The van der Waals surface area contributed by atoms with Crippen LogP contribution in [-0.4, -0.2) is 16.3 Å². The topological polar surface area (TPSA) is 74.9 Å². The summed E-state index contributed by atoms with van der Waals surface area (Å²) >= 11 is 0. The van der Waals surface area contributed by atoms with Gasteiger partial charge in [0.1, 0.15) is 6.07 Å². The average Bonchev–Trinajstić information content (AvgIpc) is 3.30. The normalized spacial score (nSPS) is 15.0. The number of amides is 1. The van der Waals surface area contributed by atoms with E-state index in [0.29, 0.717) is 35.5 Å². The predicted octanol–water partition coefficient (Wildman–Crippen LogP) is 3.72. The first-order valence-corrected chi connectivity index (χ1v) is 8.78. The third kappa shape index (κ3) is 3.02. The van der Waals surface area contributed by atoms with Gasteiger partial charge in [0.2, 0.25) is 11.7 Å². The highest BCUT2D eigenvalue weighted by Crippen LogP contribution is 2.32. The van der Waals surface area contributed by atoms with E-state index in [1.54, 1.807) is 42.5 Å². The molecule has 5 nitrogen and oxygen atoms in total. The molecular formula is C22H17N3O2. The highest BCUT2D eigenvalue weighted by molar-refractivity contribution is 6.08. The van der Waals surface area contributed by atoms with Crippen LogP contribution in [0, 0.1) is 11.3 Å². The SMILES string of the molecule is N#Cc1ccccc1NC(=O)C1CCn2c(C(=O)c3ccccc3)ccc21. The minimum Gasteiger partial charge on any atom is -0.341 e. The summed E-state index contributed by atoms with van der Waals surface area (Å²) in [4.78, 5) is 25.5. The van der Waals surface area contributed by atoms with Crippen LogP contribution in [0.25, 0.3) is 0 Å². The van der Waals surface area contributed by atoms with E-state index in [2.05, 4.69) is 11.4 Å². The van der Waals surface area contributed by atoms with Gasteiger partial charge in [0, 0.05) is 17.8 Å². The smallest absolute Gasteiger partial charge is 0.233 e. The predicted molar refractivity (Wildman–Crippen MR) is 101 cm³/mol. The van der Waals surface area contributed by atoms with Crippen LogP contribution in [0.2, 0.25) is 0 Å². The maximum absolute atomic E-state index is 12.8. The van der Waals surface area contributed by atoms with E-state index in [0.717, 1.165) is 5.69 Å². The maximum Gasteiger partial charge on any atom is 0.233 e. The van der Waals surface area contributed by atoms with Gasteiger partial charge in [-0.25, -0.2) is 0 Å². The van der Waals surface area contributed by atoms with Crippen molar-refractivity contribution in [2.75, 3.05) is 5.32 Å². The molecule has 2 aromatic carbocycles. The van der Waals surface area contributed by atoms with Gasteiger partial charge in [-0.3, -0.25) is 9.59 Å². The van der Waals surface area contributed by atoms with E-state index in [1.807, 2.05) is 28.8 Å². The lowest BCUT2D eigenvalue weighted by Crippen LogP contribution is -2.20. The molecule has 27 heavy (non-hydrogen) atoms. The van der Waals surface area contributed by atoms with Crippen LogP contribution in [0.1, 0.15) is 39.6 Å². The number of benzene rings is 2. The van der Waals surface area contributed by atoms with Crippen molar-refractivity contribution in [1.82, 2.24) is 4.57 Å². The van der Waals surface area contributed by atoms with Crippen LogP contribution in [0.3, 0.4) is 0 Å². The summed E-state index contributed by atoms with van der Waals surface area (Å²) in [6, 6.07) is 21.8. The molecule has 2 heterocycles. The Morgan fingerprint density at radius 2 is 1.74 bits per heavy atom.